The average molecular weight is 200 g/mol. The number of carboxylic acids is 1. The number of hydrogen-bond donors (Lipinski definition) is 3. The summed E-state index contributed by atoms with van der Waals surface area (Å²) < 4.78 is 0. The van der Waals surface area contributed by atoms with Gasteiger partial charge in [-0.1, -0.05) is 19.3 Å². The Balaban J connectivity index is 2.55. The van der Waals surface area contributed by atoms with Crippen molar-refractivity contribution in [3.63, 3.8) is 0 Å². The van der Waals surface area contributed by atoms with Gasteiger partial charge in [-0.3, -0.25) is 10.1 Å². The predicted octanol–water partition coefficient (Wildman–Crippen LogP) is 0.711. The van der Waals surface area contributed by atoms with E-state index in [1.165, 1.54) is 6.42 Å². The third-order valence-electron chi connectivity index (χ3n) is 3.09. The molecule has 0 amide bonds. The molecule has 1 aliphatic rings. The molecule has 0 aromatic rings. The van der Waals surface area contributed by atoms with Crippen LogP contribution in [-0.4, -0.2) is 29.2 Å². The van der Waals surface area contributed by atoms with Crippen LogP contribution in [0.2, 0.25) is 0 Å². The highest BCUT2D eigenvalue weighted by atomic mass is 16.4. The highest BCUT2D eigenvalue weighted by Gasteiger charge is 2.32. The lowest BCUT2D eigenvalue weighted by Crippen LogP contribution is -2.57. The lowest BCUT2D eigenvalue weighted by atomic mass is 9.81. The number of carboxylic acid groups (broad SMARTS) is 1. The summed E-state index contributed by atoms with van der Waals surface area (Å²) in [5, 5.41) is 12.0. The largest absolute Gasteiger partial charge is 0.480 e. The van der Waals surface area contributed by atoms with Crippen molar-refractivity contribution in [1.82, 2.24) is 5.32 Å². The van der Waals surface area contributed by atoms with Gasteiger partial charge in [0.1, 0.15) is 6.04 Å². The summed E-state index contributed by atoms with van der Waals surface area (Å²) in [6, 6.07) is -0.503. The van der Waals surface area contributed by atoms with Crippen molar-refractivity contribution in [1.29, 1.82) is 0 Å². The minimum Gasteiger partial charge on any atom is -0.480 e. The molecule has 0 spiro atoms. The second-order valence-corrected chi connectivity index (χ2v) is 4.25. The van der Waals surface area contributed by atoms with E-state index in [9.17, 15) is 4.79 Å². The van der Waals surface area contributed by atoms with Gasteiger partial charge in [0.25, 0.3) is 0 Å². The molecule has 1 atom stereocenters. The summed E-state index contributed by atoms with van der Waals surface area (Å²) in [5.41, 5.74) is 5.60. The molecule has 1 fully saturated rings. The van der Waals surface area contributed by atoms with E-state index >= 15 is 0 Å². The van der Waals surface area contributed by atoms with Crippen LogP contribution in [0.15, 0.2) is 0 Å². The maximum atomic E-state index is 10.7. The second kappa shape index (κ2) is 4.75. The first kappa shape index (κ1) is 11.5. The minimum absolute atomic E-state index is 0.129. The molecule has 1 unspecified atom stereocenters. The van der Waals surface area contributed by atoms with Gasteiger partial charge in [0.15, 0.2) is 0 Å². The van der Waals surface area contributed by atoms with Crippen molar-refractivity contribution >= 4 is 5.97 Å². The molecule has 1 saturated carbocycles. The Labute approximate surface area is 84.9 Å². The van der Waals surface area contributed by atoms with E-state index in [0.717, 1.165) is 25.7 Å². The molecule has 1 rings (SSSR count). The van der Waals surface area contributed by atoms with Gasteiger partial charge < -0.3 is 10.8 Å². The molecule has 4 heteroatoms. The minimum atomic E-state index is -0.802. The van der Waals surface area contributed by atoms with E-state index in [1.54, 1.807) is 6.92 Å². The fourth-order valence-electron chi connectivity index (χ4n) is 2.16. The maximum Gasteiger partial charge on any atom is 0.320 e. The van der Waals surface area contributed by atoms with Gasteiger partial charge in [-0.25, -0.2) is 0 Å². The van der Waals surface area contributed by atoms with Crippen LogP contribution >= 0.6 is 0 Å². The molecule has 0 aromatic heterocycles. The normalized spacial score (nSPS) is 23.0. The van der Waals surface area contributed by atoms with E-state index in [4.69, 9.17) is 10.8 Å². The maximum absolute atomic E-state index is 10.7. The van der Waals surface area contributed by atoms with Crippen LogP contribution in [-0.2, 0) is 4.79 Å². The molecule has 82 valence electrons. The molecule has 0 heterocycles. The van der Waals surface area contributed by atoms with Crippen molar-refractivity contribution in [2.24, 2.45) is 5.73 Å². The number of nitrogens with one attached hydrogen (secondary N) is 1. The smallest absolute Gasteiger partial charge is 0.320 e. The van der Waals surface area contributed by atoms with Crippen LogP contribution in [0, 0.1) is 0 Å². The molecule has 0 aliphatic heterocycles. The van der Waals surface area contributed by atoms with Gasteiger partial charge in [0, 0.05) is 12.1 Å². The van der Waals surface area contributed by atoms with Crippen molar-refractivity contribution in [2.45, 2.75) is 50.6 Å². The topological polar surface area (TPSA) is 75.3 Å². The monoisotopic (exact) mass is 200 g/mol. The molecule has 0 saturated heterocycles. The van der Waals surface area contributed by atoms with Crippen LogP contribution in [0.5, 0.6) is 0 Å². The Morgan fingerprint density at radius 3 is 2.50 bits per heavy atom. The molecule has 0 radical (unpaired) electrons. The van der Waals surface area contributed by atoms with Gasteiger partial charge in [0.2, 0.25) is 0 Å². The van der Waals surface area contributed by atoms with Crippen LogP contribution in [0.1, 0.15) is 39.0 Å². The Morgan fingerprint density at radius 2 is 2.07 bits per heavy atom. The number of aliphatic carboxylic acids is 1. The first-order valence-electron chi connectivity index (χ1n) is 5.30. The van der Waals surface area contributed by atoms with Crippen molar-refractivity contribution < 1.29 is 9.90 Å². The summed E-state index contributed by atoms with van der Waals surface area (Å²) >= 11 is 0. The van der Waals surface area contributed by atoms with E-state index in [0.29, 0.717) is 6.54 Å². The summed E-state index contributed by atoms with van der Waals surface area (Å²) in [5.74, 6) is -0.802. The fourth-order valence-corrected chi connectivity index (χ4v) is 2.16. The fraction of sp³-hybridized carbons (Fsp3) is 0.900. The zero-order valence-corrected chi connectivity index (χ0v) is 8.75. The van der Waals surface area contributed by atoms with Gasteiger partial charge in [-0.15, -0.1) is 0 Å². The van der Waals surface area contributed by atoms with E-state index in [1.807, 2.05) is 0 Å². The van der Waals surface area contributed by atoms with Crippen LogP contribution < -0.4 is 11.1 Å². The average Bonchev–Trinajstić information content (AvgIpc) is 2.19. The van der Waals surface area contributed by atoms with Gasteiger partial charge in [-0.05, 0) is 19.8 Å². The Bertz CT molecular complexity index is 200. The predicted molar refractivity (Wildman–Crippen MR) is 55.1 cm³/mol. The first-order valence-corrected chi connectivity index (χ1v) is 5.30. The lowest BCUT2D eigenvalue weighted by molar-refractivity contribution is -0.139. The number of carbonyl (C=O) groups is 1. The molecule has 14 heavy (non-hydrogen) atoms. The number of rotatable bonds is 4. The summed E-state index contributed by atoms with van der Waals surface area (Å²) in [4.78, 5) is 10.7. The van der Waals surface area contributed by atoms with E-state index in [2.05, 4.69) is 5.32 Å². The standard InChI is InChI=1S/C10H20N2O2/c1-8(9(13)14)12-10(7-11)5-3-2-4-6-10/h8,12H,2-7,11H2,1H3,(H,13,14). The lowest BCUT2D eigenvalue weighted by Gasteiger charge is -2.38. The Hall–Kier alpha value is -0.610. The summed E-state index contributed by atoms with van der Waals surface area (Å²) in [7, 11) is 0. The third kappa shape index (κ3) is 2.69. The molecule has 0 aromatic carbocycles. The van der Waals surface area contributed by atoms with Gasteiger partial charge in [-0.2, -0.15) is 0 Å². The van der Waals surface area contributed by atoms with E-state index < -0.39 is 12.0 Å². The zero-order chi connectivity index (χ0) is 10.6. The van der Waals surface area contributed by atoms with Crippen LogP contribution in [0.4, 0.5) is 0 Å². The molecule has 4 nitrogen and oxygen atoms in total. The molecule has 1 aliphatic carbocycles. The van der Waals surface area contributed by atoms with Crippen LogP contribution in [0.3, 0.4) is 0 Å². The van der Waals surface area contributed by atoms with Crippen molar-refractivity contribution in [3.05, 3.63) is 0 Å². The highest BCUT2D eigenvalue weighted by molar-refractivity contribution is 5.73. The van der Waals surface area contributed by atoms with Crippen molar-refractivity contribution in [3.8, 4) is 0 Å². The third-order valence-corrected chi connectivity index (χ3v) is 3.09. The first-order chi connectivity index (χ1) is 6.59. The zero-order valence-electron chi connectivity index (χ0n) is 8.75. The number of hydrogen-bond acceptors (Lipinski definition) is 3. The number of nitrogens with two attached hydrogens (primary N) is 1. The summed E-state index contributed by atoms with van der Waals surface area (Å²) in [6.45, 7) is 2.21. The van der Waals surface area contributed by atoms with E-state index in [-0.39, 0.29) is 5.54 Å². The summed E-state index contributed by atoms with van der Waals surface area (Å²) in [6.07, 6.45) is 5.54. The molecular formula is C10H20N2O2. The molecule has 0 bridgehead atoms. The molecular weight excluding hydrogens is 180 g/mol. The Kier molecular flexibility index (Phi) is 3.89. The highest BCUT2D eigenvalue weighted by Crippen LogP contribution is 2.27. The van der Waals surface area contributed by atoms with Crippen LogP contribution in [0.25, 0.3) is 0 Å². The van der Waals surface area contributed by atoms with Crippen molar-refractivity contribution in [2.75, 3.05) is 6.54 Å². The Morgan fingerprint density at radius 1 is 1.50 bits per heavy atom. The van der Waals surface area contributed by atoms with Gasteiger partial charge >= 0.3 is 5.97 Å². The van der Waals surface area contributed by atoms with Gasteiger partial charge in [0.05, 0.1) is 0 Å². The molecule has 4 N–H and O–H groups in total. The quantitative estimate of drug-likeness (QED) is 0.624. The second-order valence-electron chi connectivity index (χ2n) is 4.25. The SMILES string of the molecule is CC(NC1(CN)CCCCC1)C(=O)O.